The van der Waals surface area contributed by atoms with Crippen LogP contribution in [-0.4, -0.2) is 41.9 Å². The number of ether oxygens (including phenoxy) is 2. The molecule has 1 saturated carbocycles. The van der Waals surface area contributed by atoms with Crippen LogP contribution in [0.15, 0.2) is 42.5 Å². The summed E-state index contributed by atoms with van der Waals surface area (Å²) in [5, 5.41) is 10.3. The summed E-state index contributed by atoms with van der Waals surface area (Å²) in [5.41, 5.74) is 1.12. The minimum absolute atomic E-state index is 0.110. The Morgan fingerprint density at radius 1 is 1.27 bits per heavy atom. The fourth-order valence-electron chi connectivity index (χ4n) is 5.09. The van der Waals surface area contributed by atoms with Gasteiger partial charge in [0.2, 0.25) is 0 Å². The van der Waals surface area contributed by atoms with Crippen molar-refractivity contribution in [1.29, 1.82) is 0 Å². The van der Waals surface area contributed by atoms with Crippen molar-refractivity contribution in [2.24, 2.45) is 17.8 Å². The third-order valence-electron chi connectivity index (χ3n) is 6.83. The molecule has 0 bridgehead atoms. The Morgan fingerprint density at radius 2 is 2.03 bits per heavy atom. The number of carbonyl (C=O) groups excluding carboxylic acids is 1. The monoisotopic (exact) mass is 464 g/mol. The summed E-state index contributed by atoms with van der Waals surface area (Å²) >= 11 is 0. The first kappa shape index (κ1) is 25.8. The molecule has 1 aromatic rings. The molecule has 0 aromatic heterocycles. The standard InChI is InChI=1S/C27H38F2O4/c1-19(2)33-26(31)10-6-9-21-12-15-23-24(27(28,29)17-25(23)32-18-21)16-14-22(30)13-11-20-7-4-3-5-8-20/h3-5,7-8,14,16,19,21-25,30H,6,9-13,15,17-18H2,1-2H3/b16-14+/t21-,22?,23+,24+,25-/m0/s1. The predicted octanol–water partition coefficient (Wildman–Crippen LogP) is 5.72. The van der Waals surface area contributed by atoms with Gasteiger partial charge in [-0.1, -0.05) is 42.5 Å². The summed E-state index contributed by atoms with van der Waals surface area (Å²) < 4.78 is 40.7. The molecule has 5 atom stereocenters. The van der Waals surface area contributed by atoms with Crippen LogP contribution >= 0.6 is 0 Å². The Bertz CT molecular complexity index is 765. The van der Waals surface area contributed by atoms with Crippen molar-refractivity contribution < 1.29 is 28.2 Å². The van der Waals surface area contributed by atoms with E-state index in [1.165, 1.54) is 6.08 Å². The topological polar surface area (TPSA) is 55.8 Å². The molecule has 1 N–H and O–H groups in total. The Hall–Kier alpha value is -1.79. The molecule has 2 fully saturated rings. The average molecular weight is 465 g/mol. The van der Waals surface area contributed by atoms with Gasteiger partial charge in [-0.2, -0.15) is 0 Å². The normalized spacial score (nSPS) is 27.9. The van der Waals surface area contributed by atoms with E-state index < -0.39 is 24.0 Å². The molecule has 1 aliphatic heterocycles. The summed E-state index contributed by atoms with van der Waals surface area (Å²) in [6.45, 7) is 4.13. The first-order chi connectivity index (χ1) is 15.7. The van der Waals surface area contributed by atoms with Crippen LogP contribution in [0.1, 0.15) is 64.4 Å². The second-order valence-electron chi connectivity index (χ2n) is 9.88. The van der Waals surface area contributed by atoms with Crippen LogP contribution in [-0.2, 0) is 20.7 Å². The molecule has 1 aliphatic carbocycles. The highest BCUT2D eigenvalue weighted by atomic mass is 19.3. The number of esters is 1. The van der Waals surface area contributed by atoms with Crippen LogP contribution < -0.4 is 0 Å². The molecule has 2 aliphatic rings. The zero-order valence-corrected chi connectivity index (χ0v) is 19.8. The number of fused-ring (bicyclic) bond motifs is 1. The van der Waals surface area contributed by atoms with Crippen molar-refractivity contribution in [2.45, 2.75) is 89.4 Å². The second-order valence-corrected chi connectivity index (χ2v) is 9.88. The number of carbonyl (C=O) groups is 1. The molecule has 1 heterocycles. The van der Waals surface area contributed by atoms with Crippen LogP contribution in [0.25, 0.3) is 0 Å². The lowest BCUT2D eigenvalue weighted by atomic mass is 9.86. The zero-order valence-electron chi connectivity index (χ0n) is 19.8. The number of aryl methyl sites for hydroxylation is 1. The summed E-state index contributed by atoms with van der Waals surface area (Å²) in [6, 6.07) is 9.84. The van der Waals surface area contributed by atoms with E-state index in [4.69, 9.17) is 9.47 Å². The quantitative estimate of drug-likeness (QED) is 0.355. The maximum absolute atomic E-state index is 14.8. The molecular formula is C27H38F2O4. The van der Waals surface area contributed by atoms with Gasteiger partial charge in [0.05, 0.1) is 18.3 Å². The lowest BCUT2D eigenvalue weighted by Gasteiger charge is -2.22. The van der Waals surface area contributed by atoms with E-state index in [0.717, 1.165) is 24.8 Å². The molecule has 3 rings (SSSR count). The van der Waals surface area contributed by atoms with Crippen molar-refractivity contribution in [3.05, 3.63) is 48.0 Å². The molecule has 0 amide bonds. The number of halogens is 2. The van der Waals surface area contributed by atoms with E-state index in [-0.39, 0.29) is 30.3 Å². The van der Waals surface area contributed by atoms with Crippen LogP contribution in [0.5, 0.6) is 0 Å². The van der Waals surface area contributed by atoms with Gasteiger partial charge in [-0.3, -0.25) is 4.79 Å². The summed E-state index contributed by atoms with van der Waals surface area (Å²) in [5.74, 6) is -3.88. The maximum atomic E-state index is 14.8. The second kappa shape index (κ2) is 12.1. The minimum atomic E-state index is -2.82. The van der Waals surface area contributed by atoms with Gasteiger partial charge in [0, 0.05) is 25.4 Å². The smallest absolute Gasteiger partial charge is 0.306 e. The predicted molar refractivity (Wildman–Crippen MR) is 124 cm³/mol. The largest absolute Gasteiger partial charge is 0.463 e. The Kier molecular flexibility index (Phi) is 9.45. The van der Waals surface area contributed by atoms with Gasteiger partial charge in [0.15, 0.2) is 0 Å². The van der Waals surface area contributed by atoms with Crippen molar-refractivity contribution >= 4 is 5.97 Å². The highest BCUT2D eigenvalue weighted by Crippen LogP contribution is 2.50. The molecular weight excluding hydrogens is 426 g/mol. The lowest BCUT2D eigenvalue weighted by Crippen LogP contribution is -2.25. The first-order valence-corrected chi connectivity index (χ1v) is 12.3. The Balaban J connectivity index is 1.49. The maximum Gasteiger partial charge on any atom is 0.306 e. The summed E-state index contributed by atoms with van der Waals surface area (Å²) in [4.78, 5) is 11.7. The highest BCUT2D eigenvalue weighted by Gasteiger charge is 2.55. The van der Waals surface area contributed by atoms with Gasteiger partial charge in [0.1, 0.15) is 0 Å². The van der Waals surface area contributed by atoms with Crippen LogP contribution in [0.3, 0.4) is 0 Å². The first-order valence-electron chi connectivity index (χ1n) is 12.3. The number of allylic oxidation sites excluding steroid dienone is 1. The number of rotatable bonds is 10. The van der Waals surface area contributed by atoms with Gasteiger partial charge in [-0.05, 0) is 69.8 Å². The number of aliphatic hydroxyl groups excluding tert-OH is 1. The van der Waals surface area contributed by atoms with E-state index in [1.807, 2.05) is 44.2 Å². The van der Waals surface area contributed by atoms with E-state index >= 15 is 0 Å². The molecule has 184 valence electrons. The molecule has 0 radical (unpaired) electrons. The lowest BCUT2D eigenvalue weighted by molar-refractivity contribution is -0.147. The number of benzene rings is 1. The molecule has 1 unspecified atom stereocenters. The van der Waals surface area contributed by atoms with Crippen molar-refractivity contribution in [2.75, 3.05) is 6.61 Å². The summed E-state index contributed by atoms with van der Waals surface area (Å²) in [6.07, 6.45) is 6.15. The van der Waals surface area contributed by atoms with Gasteiger partial charge >= 0.3 is 5.97 Å². The van der Waals surface area contributed by atoms with E-state index in [9.17, 15) is 18.7 Å². The van der Waals surface area contributed by atoms with Gasteiger partial charge < -0.3 is 14.6 Å². The number of hydrogen-bond donors (Lipinski definition) is 1. The molecule has 0 spiro atoms. The number of hydrogen-bond acceptors (Lipinski definition) is 4. The van der Waals surface area contributed by atoms with E-state index in [1.54, 1.807) is 6.08 Å². The molecule has 6 heteroatoms. The summed E-state index contributed by atoms with van der Waals surface area (Å²) in [7, 11) is 0. The van der Waals surface area contributed by atoms with E-state index in [0.29, 0.717) is 32.3 Å². The van der Waals surface area contributed by atoms with Crippen LogP contribution in [0.2, 0.25) is 0 Å². The van der Waals surface area contributed by atoms with Gasteiger partial charge in [-0.15, -0.1) is 0 Å². The Morgan fingerprint density at radius 3 is 2.76 bits per heavy atom. The molecule has 1 saturated heterocycles. The highest BCUT2D eigenvalue weighted by molar-refractivity contribution is 5.69. The fourth-order valence-corrected chi connectivity index (χ4v) is 5.09. The van der Waals surface area contributed by atoms with Crippen LogP contribution in [0, 0.1) is 17.8 Å². The third kappa shape index (κ3) is 7.89. The fraction of sp³-hybridized carbons (Fsp3) is 0.667. The van der Waals surface area contributed by atoms with Crippen LogP contribution in [0.4, 0.5) is 8.78 Å². The SMILES string of the molecule is CC(C)OC(=O)CCC[C@H]1CC[C@H]2[C@H](CC(F)(F)[C@@H]2/C=C/C(O)CCc2ccccc2)OC1. The Labute approximate surface area is 196 Å². The van der Waals surface area contributed by atoms with Gasteiger partial charge in [0.25, 0.3) is 5.92 Å². The number of alkyl halides is 2. The zero-order chi connectivity index (χ0) is 23.8. The molecule has 4 nitrogen and oxygen atoms in total. The van der Waals surface area contributed by atoms with Gasteiger partial charge in [-0.25, -0.2) is 8.78 Å². The van der Waals surface area contributed by atoms with Crippen molar-refractivity contribution in [3.8, 4) is 0 Å². The third-order valence-corrected chi connectivity index (χ3v) is 6.83. The number of aliphatic hydroxyl groups is 1. The van der Waals surface area contributed by atoms with Crippen molar-refractivity contribution in [3.63, 3.8) is 0 Å². The van der Waals surface area contributed by atoms with E-state index in [2.05, 4.69) is 0 Å². The molecule has 33 heavy (non-hydrogen) atoms. The molecule has 1 aromatic carbocycles. The average Bonchev–Trinajstić information content (AvgIpc) is 2.87. The minimum Gasteiger partial charge on any atom is -0.463 e. The van der Waals surface area contributed by atoms with Crippen molar-refractivity contribution in [1.82, 2.24) is 0 Å².